The van der Waals surface area contributed by atoms with Crippen LogP contribution in [0.3, 0.4) is 0 Å². The minimum atomic E-state index is -2.07. The number of rotatable bonds is 18. The zero-order valence-corrected chi connectivity index (χ0v) is 19.8. The fourth-order valence-corrected chi connectivity index (χ4v) is 5.53. The smallest absolute Gasteiger partial charge is 0.351 e. The van der Waals surface area contributed by atoms with E-state index in [1.807, 2.05) is 13.8 Å². The summed E-state index contributed by atoms with van der Waals surface area (Å²) in [5.74, 6) is 0.400. The maximum Gasteiger partial charge on any atom is 0.351 e. The lowest BCUT2D eigenvalue weighted by Crippen LogP contribution is -2.43. The van der Waals surface area contributed by atoms with E-state index in [0.29, 0.717) is 58.8 Å². The van der Waals surface area contributed by atoms with Gasteiger partial charge in [-0.25, -0.2) is 0 Å². The number of aliphatic hydroxyl groups excluding tert-OH is 1. The third-order valence-corrected chi connectivity index (χ3v) is 7.36. The normalized spacial score (nSPS) is 23.6. The highest BCUT2D eigenvalue weighted by Gasteiger charge is 2.35. The molecule has 0 aromatic rings. The molecule has 0 bridgehead atoms. The summed E-state index contributed by atoms with van der Waals surface area (Å²) in [6.45, 7) is 8.42. The molecule has 8 nitrogen and oxygen atoms in total. The van der Waals surface area contributed by atoms with Crippen molar-refractivity contribution in [3.63, 3.8) is 0 Å². The van der Waals surface area contributed by atoms with Crippen LogP contribution in [0.25, 0.3) is 0 Å². The second-order valence-electron chi connectivity index (χ2n) is 7.16. The van der Waals surface area contributed by atoms with E-state index >= 15 is 0 Å². The van der Waals surface area contributed by atoms with Gasteiger partial charge in [-0.3, -0.25) is 0 Å². The van der Waals surface area contributed by atoms with Crippen LogP contribution in [0.2, 0.25) is 0 Å². The quantitative estimate of drug-likeness (QED) is 0.254. The number of aliphatic hydroxyl groups is 1. The molecular weight excluding hydrogens is 396 g/mol. The Morgan fingerprint density at radius 1 is 0.897 bits per heavy atom. The second-order valence-corrected chi connectivity index (χ2v) is 9.31. The predicted molar refractivity (Wildman–Crippen MR) is 112 cm³/mol. The van der Waals surface area contributed by atoms with Crippen LogP contribution in [0.1, 0.15) is 39.5 Å². The van der Waals surface area contributed by atoms with Crippen LogP contribution in [-0.4, -0.2) is 99.4 Å². The Labute approximate surface area is 177 Å². The number of methoxy groups -OCH3 is 2. The van der Waals surface area contributed by atoms with Crippen LogP contribution < -0.4 is 0 Å². The zero-order chi connectivity index (χ0) is 21.3. The summed E-state index contributed by atoms with van der Waals surface area (Å²) in [6, 6.07) is 0. The van der Waals surface area contributed by atoms with Crippen LogP contribution in [-0.2, 0) is 32.5 Å². The van der Waals surface area contributed by atoms with E-state index in [4.69, 9.17) is 32.5 Å². The highest BCUT2D eigenvalue weighted by atomic mass is 28.3. The largest absolute Gasteiger partial charge is 0.393 e. The monoisotopic (exact) mass is 438 g/mol. The van der Waals surface area contributed by atoms with Crippen molar-refractivity contribution in [2.24, 2.45) is 5.92 Å². The first-order chi connectivity index (χ1) is 14.2. The van der Waals surface area contributed by atoms with Crippen molar-refractivity contribution < 1.29 is 37.6 Å². The molecule has 1 aliphatic carbocycles. The molecule has 29 heavy (non-hydrogen) atoms. The van der Waals surface area contributed by atoms with E-state index < -0.39 is 15.4 Å². The van der Waals surface area contributed by atoms with Crippen molar-refractivity contribution in [1.82, 2.24) is 0 Å². The van der Waals surface area contributed by atoms with Gasteiger partial charge in [0.1, 0.15) is 0 Å². The van der Waals surface area contributed by atoms with E-state index in [1.54, 1.807) is 14.2 Å². The van der Waals surface area contributed by atoms with Gasteiger partial charge in [-0.1, -0.05) is 0 Å². The van der Waals surface area contributed by atoms with Crippen molar-refractivity contribution in [2.75, 3.05) is 67.1 Å². The molecule has 0 saturated heterocycles. The van der Waals surface area contributed by atoms with Gasteiger partial charge in [-0.2, -0.15) is 0 Å². The molecule has 174 valence electrons. The Hall–Kier alpha value is -0.103. The topological polar surface area (TPSA) is 84.8 Å². The first-order valence-electron chi connectivity index (χ1n) is 10.9. The van der Waals surface area contributed by atoms with Gasteiger partial charge in [0.25, 0.3) is 0 Å². The first kappa shape index (κ1) is 26.9. The van der Waals surface area contributed by atoms with Gasteiger partial charge in [0.15, 0.2) is 0 Å². The summed E-state index contributed by atoms with van der Waals surface area (Å²) in [6.07, 6.45) is 2.77. The summed E-state index contributed by atoms with van der Waals surface area (Å²) in [7, 11) is 1.29. The molecule has 0 radical (unpaired) electrons. The number of hydrogen-bond acceptors (Lipinski definition) is 8. The molecule has 4 unspecified atom stereocenters. The molecule has 0 amide bonds. The van der Waals surface area contributed by atoms with Crippen LogP contribution in [0, 0.1) is 5.92 Å². The molecule has 0 spiro atoms. The summed E-state index contributed by atoms with van der Waals surface area (Å²) in [5.41, 5.74) is -0.0712. The summed E-state index contributed by atoms with van der Waals surface area (Å²) < 4.78 is 39.6. The molecule has 1 fully saturated rings. The average Bonchev–Trinajstić information content (AvgIpc) is 2.73. The summed E-state index contributed by atoms with van der Waals surface area (Å²) in [5, 5.41) is 10.3. The fourth-order valence-electron chi connectivity index (χ4n) is 3.52. The standard InChI is InChI=1S/C20H42O8Si/c1-5-24-10-13-27-29(28-14-11-25-6-2)20(23-4)16-17-7-8-18(21)19(15-17)26-12-9-22-3/h17-21,29H,5-16H2,1-4H3. The van der Waals surface area contributed by atoms with Gasteiger partial charge < -0.3 is 37.6 Å². The third kappa shape index (κ3) is 11.8. The van der Waals surface area contributed by atoms with E-state index in [2.05, 4.69) is 0 Å². The molecule has 4 atom stereocenters. The van der Waals surface area contributed by atoms with Crippen molar-refractivity contribution in [3.8, 4) is 0 Å². The summed E-state index contributed by atoms with van der Waals surface area (Å²) in [4.78, 5) is 0. The molecule has 9 heteroatoms. The van der Waals surface area contributed by atoms with Crippen molar-refractivity contribution in [3.05, 3.63) is 0 Å². The summed E-state index contributed by atoms with van der Waals surface area (Å²) >= 11 is 0. The van der Waals surface area contributed by atoms with Crippen LogP contribution in [0.4, 0.5) is 0 Å². The minimum Gasteiger partial charge on any atom is -0.393 e. The maximum atomic E-state index is 10.3. The highest BCUT2D eigenvalue weighted by Crippen LogP contribution is 2.31. The molecule has 1 rings (SSSR count). The Kier molecular flexibility index (Phi) is 16.3. The third-order valence-electron chi connectivity index (χ3n) is 5.08. The zero-order valence-electron chi connectivity index (χ0n) is 18.7. The Morgan fingerprint density at radius 2 is 1.55 bits per heavy atom. The van der Waals surface area contributed by atoms with Crippen LogP contribution >= 0.6 is 0 Å². The highest BCUT2D eigenvalue weighted by molar-refractivity contribution is 6.46. The second kappa shape index (κ2) is 17.6. The number of ether oxygens (including phenoxy) is 5. The van der Waals surface area contributed by atoms with E-state index in [0.717, 1.165) is 25.7 Å². The molecule has 0 aliphatic heterocycles. The lowest BCUT2D eigenvalue weighted by molar-refractivity contribution is -0.0849. The van der Waals surface area contributed by atoms with Gasteiger partial charge >= 0.3 is 9.28 Å². The van der Waals surface area contributed by atoms with Crippen LogP contribution in [0.15, 0.2) is 0 Å². The predicted octanol–water partition coefficient (Wildman–Crippen LogP) is 1.45. The lowest BCUT2D eigenvalue weighted by Gasteiger charge is -2.35. The van der Waals surface area contributed by atoms with Gasteiger partial charge in [0.05, 0.1) is 57.6 Å². The van der Waals surface area contributed by atoms with Gasteiger partial charge in [0, 0.05) is 27.4 Å². The Morgan fingerprint density at radius 3 is 2.10 bits per heavy atom. The van der Waals surface area contributed by atoms with Crippen molar-refractivity contribution >= 4 is 9.28 Å². The van der Waals surface area contributed by atoms with Gasteiger partial charge in [0.2, 0.25) is 0 Å². The van der Waals surface area contributed by atoms with E-state index in [9.17, 15) is 5.11 Å². The number of hydrogen-bond donors (Lipinski definition) is 1. The minimum absolute atomic E-state index is 0.0712. The molecular formula is C20H42O8Si. The molecule has 0 heterocycles. The average molecular weight is 439 g/mol. The fraction of sp³-hybridized carbons (Fsp3) is 1.00. The van der Waals surface area contributed by atoms with Gasteiger partial charge in [-0.15, -0.1) is 0 Å². The maximum absolute atomic E-state index is 10.3. The molecule has 1 N–H and O–H groups in total. The molecule has 0 aromatic heterocycles. The Bertz CT molecular complexity index is 364. The van der Waals surface area contributed by atoms with Crippen LogP contribution in [0.5, 0.6) is 0 Å². The first-order valence-corrected chi connectivity index (χ1v) is 12.5. The molecule has 0 aromatic carbocycles. The van der Waals surface area contributed by atoms with E-state index in [-0.39, 0.29) is 11.8 Å². The lowest BCUT2D eigenvalue weighted by atomic mass is 9.83. The van der Waals surface area contributed by atoms with E-state index in [1.165, 1.54) is 0 Å². The Balaban J connectivity index is 2.56. The van der Waals surface area contributed by atoms with Crippen molar-refractivity contribution in [2.45, 2.75) is 57.5 Å². The molecule has 1 saturated carbocycles. The van der Waals surface area contributed by atoms with Gasteiger partial charge in [-0.05, 0) is 45.4 Å². The molecule has 1 aliphatic rings. The SMILES string of the molecule is CCOCCO[SiH](OCCOCC)C(CC1CCC(O)C(OCCOC)C1)OC. The van der Waals surface area contributed by atoms with Crippen molar-refractivity contribution in [1.29, 1.82) is 0 Å².